The lowest BCUT2D eigenvalue weighted by Gasteiger charge is -2.37. The largest absolute Gasteiger partial charge is 0.348 e. The highest BCUT2D eigenvalue weighted by Crippen LogP contribution is 2.33. The monoisotopic (exact) mass is 340 g/mol. The fourth-order valence-corrected chi connectivity index (χ4v) is 3.88. The highest BCUT2D eigenvalue weighted by Gasteiger charge is 2.32. The molecule has 0 bridgehead atoms. The number of hydrogen-bond donors (Lipinski definition) is 1. The molecule has 1 aliphatic carbocycles. The highest BCUT2D eigenvalue weighted by molar-refractivity contribution is 9.10. The SMILES string of the molecule is CC1CCC(C(C)C)C(NC(=O)c2cc(Br)cn2C)C1. The van der Waals surface area contributed by atoms with Gasteiger partial charge >= 0.3 is 0 Å². The van der Waals surface area contributed by atoms with Crippen LogP contribution in [0.15, 0.2) is 16.7 Å². The third kappa shape index (κ3) is 3.46. The van der Waals surface area contributed by atoms with Gasteiger partial charge in [0, 0.05) is 23.8 Å². The van der Waals surface area contributed by atoms with E-state index in [0.29, 0.717) is 23.8 Å². The van der Waals surface area contributed by atoms with Crippen LogP contribution in [0.4, 0.5) is 0 Å². The zero-order valence-electron chi connectivity index (χ0n) is 12.8. The number of nitrogens with one attached hydrogen (secondary N) is 1. The highest BCUT2D eigenvalue weighted by atomic mass is 79.9. The van der Waals surface area contributed by atoms with Crippen molar-refractivity contribution in [1.29, 1.82) is 0 Å². The van der Waals surface area contributed by atoms with Crippen molar-refractivity contribution in [3.8, 4) is 0 Å². The molecule has 112 valence electrons. The van der Waals surface area contributed by atoms with Crippen molar-refractivity contribution in [3.05, 3.63) is 22.4 Å². The van der Waals surface area contributed by atoms with Crippen LogP contribution in [0.5, 0.6) is 0 Å². The number of hydrogen-bond acceptors (Lipinski definition) is 1. The van der Waals surface area contributed by atoms with E-state index < -0.39 is 0 Å². The first-order valence-corrected chi connectivity index (χ1v) is 8.30. The topological polar surface area (TPSA) is 34.0 Å². The van der Waals surface area contributed by atoms with Crippen LogP contribution in [0.2, 0.25) is 0 Å². The van der Waals surface area contributed by atoms with Crippen LogP contribution in [0, 0.1) is 17.8 Å². The summed E-state index contributed by atoms with van der Waals surface area (Å²) in [6, 6.07) is 2.19. The number of aromatic nitrogens is 1. The Morgan fingerprint density at radius 1 is 1.45 bits per heavy atom. The summed E-state index contributed by atoms with van der Waals surface area (Å²) in [5.74, 6) is 1.96. The molecule has 0 aliphatic heterocycles. The third-order valence-electron chi connectivity index (χ3n) is 4.54. The van der Waals surface area contributed by atoms with Crippen LogP contribution in [-0.2, 0) is 7.05 Å². The molecule has 1 aromatic rings. The predicted octanol–water partition coefficient (Wildman–Crippen LogP) is 3.98. The molecular weight excluding hydrogens is 316 g/mol. The number of aryl methyl sites for hydroxylation is 1. The summed E-state index contributed by atoms with van der Waals surface area (Å²) in [6.45, 7) is 6.81. The summed E-state index contributed by atoms with van der Waals surface area (Å²) in [5.41, 5.74) is 0.720. The molecule has 1 aliphatic rings. The van der Waals surface area contributed by atoms with E-state index in [4.69, 9.17) is 0 Å². The Bertz CT molecular complexity index is 481. The van der Waals surface area contributed by atoms with E-state index in [1.54, 1.807) is 0 Å². The molecule has 1 amide bonds. The van der Waals surface area contributed by atoms with Gasteiger partial charge in [-0.1, -0.05) is 27.2 Å². The van der Waals surface area contributed by atoms with Crippen LogP contribution < -0.4 is 5.32 Å². The molecular formula is C16H25BrN2O. The van der Waals surface area contributed by atoms with Crippen molar-refractivity contribution in [1.82, 2.24) is 9.88 Å². The second-order valence-corrected chi connectivity index (χ2v) is 7.48. The lowest BCUT2D eigenvalue weighted by molar-refractivity contribution is 0.0859. The van der Waals surface area contributed by atoms with Crippen molar-refractivity contribution in [2.24, 2.45) is 24.8 Å². The molecule has 1 saturated carbocycles. The molecule has 1 N–H and O–H groups in total. The van der Waals surface area contributed by atoms with Crippen LogP contribution in [0.25, 0.3) is 0 Å². The number of amides is 1. The molecule has 3 unspecified atom stereocenters. The van der Waals surface area contributed by atoms with Crippen molar-refractivity contribution in [2.45, 2.75) is 46.1 Å². The summed E-state index contributed by atoms with van der Waals surface area (Å²) < 4.78 is 2.82. The quantitative estimate of drug-likeness (QED) is 0.887. The number of nitrogens with zero attached hydrogens (tertiary/aromatic N) is 1. The Kier molecular flexibility index (Phi) is 4.95. The molecule has 0 aromatic carbocycles. The van der Waals surface area contributed by atoms with Gasteiger partial charge in [0.15, 0.2) is 0 Å². The molecule has 2 rings (SSSR count). The van der Waals surface area contributed by atoms with Crippen LogP contribution in [-0.4, -0.2) is 16.5 Å². The summed E-state index contributed by atoms with van der Waals surface area (Å²) in [5, 5.41) is 3.27. The maximum absolute atomic E-state index is 12.5. The van der Waals surface area contributed by atoms with Gasteiger partial charge in [-0.15, -0.1) is 0 Å². The maximum Gasteiger partial charge on any atom is 0.268 e. The average molecular weight is 341 g/mol. The van der Waals surface area contributed by atoms with Crippen molar-refractivity contribution >= 4 is 21.8 Å². The lowest BCUT2D eigenvalue weighted by atomic mass is 9.74. The summed E-state index contributed by atoms with van der Waals surface area (Å²) >= 11 is 3.42. The van der Waals surface area contributed by atoms with Gasteiger partial charge in [0.2, 0.25) is 0 Å². The first-order chi connectivity index (χ1) is 9.38. The van der Waals surface area contributed by atoms with Crippen molar-refractivity contribution < 1.29 is 4.79 Å². The fourth-order valence-electron chi connectivity index (χ4n) is 3.36. The van der Waals surface area contributed by atoms with Gasteiger partial charge in [-0.25, -0.2) is 0 Å². The van der Waals surface area contributed by atoms with E-state index in [1.807, 2.05) is 23.9 Å². The Morgan fingerprint density at radius 2 is 2.15 bits per heavy atom. The van der Waals surface area contributed by atoms with Gasteiger partial charge in [-0.05, 0) is 52.6 Å². The van der Waals surface area contributed by atoms with Crippen molar-refractivity contribution in [3.63, 3.8) is 0 Å². The maximum atomic E-state index is 12.5. The third-order valence-corrected chi connectivity index (χ3v) is 4.98. The van der Waals surface area contributed by atoms with Gasteiger partial charge in [0.25, 0.3) is 5.91 Å². The van der Waals surface area contributed by atoms with Crippen LogP contribution in [0.3, 0.4) is 0 Å². The van der Waals surface area contributed by atoms with E-state index >= 15 is 0 Å². The zero-order chi connectivity index (χ0) is 14.9. The van der Waals surface area contributed by atoms with Crippen molar-refractivity contribution in [2.75, 3.05) is 0 Å². The van der Waals surface area contributed by atoms with Gasteiger partial charge in [-0.2, -0.15) is 0 Å². The van der Waals surface area contributed by atoms with E-state index in [2.05, 4.69) is 42.0 Å². The first kappa shape index (κ1) is 15.6. The number of rotatable bonds is 3. The van der Waals surface area contributed by atoms with E-state index in [-0.39, 0.29) is 5.91 Å². The standard InChI is InChI=1S/C16H25BrN2O/c1-10(2)13-6-5-11(3)7-14(13)18-16(20)15-8-12(17)9-19(15)4/h8-11,13-14H,5-7H2,1-4H3,(H,18,20). The van der Waals surface area contributed by atoms with Crippen LogP contribution >= 0.6 is 15.9 Å². The number of halogens is 1. The first-order valence-electron chi connectivity index (χ1n) is 7.51. The van der Waals surface area contributed by atoms with E-state index in [1.165, 1.54) is 12.8 Å². The van der Waals surface area contributed by atoms with Crippen LogP contribution in [0.1, 0.15) is 50.5 Å². The van der Waals surface area contributed by atoms with E-state index in [9.17, 15) is 4.79 Å². The number of carbonyl (C=O) groups excluding carboxylic acids is 1. The lowest BCUT2D eigenvalue weighted by Crippen LogP contribution is -2.45. The molecule has 3 nitrogen and oxygen atoms in total. The predicted molar refractivity (Wildman–Crippen MR) is 85.7 cm³/mol. The van der Waals surface area contributed by atoms with E-state index in [0.717, 1.165) is 16.6 Å². The molecule has 0 spiro atoms. The summed E-state index contributed by atoms with van der Waals surface area (Å²) in [4.78, 5) is 12.5. The Balaban J connectivity index is 2.10. The minimum absolute atomic E-state index is 0.0444. The zero-order valence-corrected chi connectivity index (χ0v) is 14.4. The minimum atomic E-state index is 0.0444. The van der Waals surface area contributed by atoms with Gasteiger partial charge in [-0.3, -0.25) is 4.79 Å². The second-order valence-electron chi connectivity index (χ2n) is 6.56. The smallest absolute Gasteiger partial charge is 0.268 e. The molecule has 0 radical (unpaired) electrons. The molecule has 3 atom stereocenters. The minimum Gasteiger partial charge on any atom is -0.348 e. The normalized spacial score (nSPS) is 26.8. The average Bonchev–Trinajstić information content (AvgIpc) is 2.68. The molecule has 1 fully saturated rings. The Labute approximate surface area is 130 Å². The van der Waals surface area contributed by atoms with Gasteiger partial charge in [0.1, 0.15) is 5.69 Å². The molecule has 4 heteroatoms. The molecule has 0 saturated heterocycles. The Morgan fingerprint density at radius 3 is 2.70 bits per heavy atom. The molecule has 20 heavy (non-hydrogen) atoms. The molecule has 1 aromatic heterocycles. The summed E-state index contributed by atoms with van der Waals surface area (Å²) in [7, 11) is 1.91. The molecule has 1 heterocycles. The van der Waals surface area contributed by atoms with Gasteiger partial charge in [0.05, 0.1) is 0 Å². The second kappa shape index (κ2) is 6.33. The number of carbonyl (C=O) groups is 1. The fraction of sp³-hybridized carbons (Fsp3) is 0.688. The Hall–Kier alpha value is -0.770. The summed E-state index contributed by atoms with van der Waals surface area (Å²) in [6.07, 6.45) is 5.52. The van der Waals surface area contributed by atoms with Gasteiger partial charge < -0.3 is 9.88 Å².